The molecule has 0 saturated carbocycles. The molecule has 92 valence electrons. The van der Waals surface area contributed by atoms with Gasteiger partial charge in [0.2, 0.25) is 0 Å². The maximum absolute atomic E-state index is 13.2. The van der Waals surface area contributed by atoms with E-state index >= 15 is 0 Å². The molecule has 0 atom stereocenters. The van der Waals surface area contributed by atoms with Crippen LogP contribution in [0.25, 0.3) is 0 Å². The van der Waals surface area contributed by atoms with Crippen LogP contribution in [-0.4, -0.2) is 31.1 Å². The second kappa shape index (κ2) is 5.15. The molecule has 0 aromatic heterocycles. The van der Waals surface area contributed by atoms with Crippen LogP contribution in [0.4, 0.5) is 10.1 Å². The van der Waals surface area contributed by atoms with Gasteiger partial charge in [-0.15, -0.1) is 0 Å². The number of nitriles is 1. The lowest BCUT2D eigenvalue weighted by molar-refractivity contribution is 0.210. The van der Waals surface area contributed by atoms with Crippen molar-refractivity contribution in [2.24, 2.45) is 0 Å². The molecule has 0 bridgehead atoms. The molecule has 0 radical (unpaired) electrons. The van der Waals surface area contributed by atoms with Gasteiger partial charge < -0.3 is 10.2 Å². The first-order chi connectivity index (χ1) is 7.85. The van der Waals surface area contributed by atoms with Gasteiger partial charge in [0.25, 0.3) is 0 Å². The summed E-state index contributed by atoms with van der Waals surface area (Å²) in [4.78, 5) is 2.09. The van der Waals surface area contributed by atoms with Gasteiger partial charge in [0.15, 0.2) is 0 Å². The van der Waals surface area contributed by atoms with Gasteiger partial charge in [-0.25, -0.2) is 4.39 Å². The molecule has 1 N–H and O–H groups in total. The first-order valence-corrected chi connectivity index (χ1v) is 5.47. The molecule has 4 heteroatoms. The van der Waals surface area contributed by atoms with Crippen molar-refractivity contribution in [3.8, 4) is 6.07 Å². The Kier molecular flexibility index (Phi) is 4.08. The Morgan fingerprint density at radius 3 is 2.53 bits per heavy atom. The third-order valence-electron chi connectivity index (χ3n) is 2.96. The number of hydrogen-bond donors (Lipinski definition) is 1. The van der Waals surface area contributed by atoms with Crippen LogP contribution in [0.3, 0.4) is 0 Å². The summed E-state index contributed by atoms with van der Waals surface area (Å²) in [5.74, 6) is -0.394. The van der Waals surface area contributed by atoms with Gasteiger partial charge in [-0.1, -0.05) is 0 Å². The van der Waals surface area contributed by atoms with Crippen LogP contribution in [-0.2, 0) is 0 Å². The van der Waals surface area contributed by atoms with E-state index in [-0.39, 0.29) is 5.54 Å². The quantitative estimate of drug-likeness (QED) is 0.871. The highest BCUT2D eigenvalue weighted by Gasteiger charge is 2.19. The minimum absolute atomic E-state index is 0.0425. The number of benzene rings is 1. The predicted molar refractivity (Wildman–Crippen MR) is 67.4 cm³/mol. The summed E-state index contributed by atoms with van der Waals surface area (Å²) >= 11 is 0. The molecule has 0 heterocycles. The molecular weight excluding hydrogens is 217 g/mol. The van der Waals surface area contributed by atoms with Crippen molar-refractivity contribution >= 4 is 5.69 Å². The summed E-state index contributed by atoms with van der Waals surface area (Å²) in [5, 5.41) is 11.9. The minimum Gasteiger partial charge on any atom is -0.383 e. The Bertz CT molecular complexity index is 433. The first-order valence-electron chi connectivity index (χ1n) is 5.47. The number of nitrogens with zero attached hydrogens (tertiary/aromatic N) is 2. The second-order valence-corrected chi connectivity index (χ2v) is 4.90. The van der Waals surface area contributed by atoms with Crippen LogP contribution in [0, 0.1) is 17.1 Å². The molecule has 0 aliphatic carbocycles. The molecule has 0 unspecified atom stereocenters. The summed E-state index contributed by atoms with van der Waals surface area (Å²) in [5.41, 5.74) is 0.922. The van der Waals surface area contributed by atoms with Crippen molar-refractivity contribution in [3.05, 3.63) is 29.6 Å². The van der Waals surface area contributed by atoms with E-state index in [0.717, 1.165) is 0 Å². The molecule has 17 heavy (non-hydrogen) atoms. The lowest BCUT2D eigenvalue weighted by Crippen LogP contribution is -2.44. The SMILES string of the molecule is CN(C)C(C)(C)CNc1cc(F)cc(C#N)c1. The van der Waals surface area contributed by atoms with E-state index in [1.807, 2.05) is 20.2 Å². The number of halogens is 1. The zero-order chi connectivity index (χ0) is 13.1. The lowest BCUT2D eigenvalue weighted by Gasteiger charge is -2.33. The van der Waals surface area contributed by atoms with Crippen molar-refractivity contribution in [2.75, 3.05) is 26.0 Å². The molecule has 1 rings (SSSR count). The number of rotatable bonds is 4. The number of anilines is 1. The second-order valence-electron chi connectivity index (χ2n) is 4.90. The van der Waals surface area contributed by atoms with Crippen molar-refractivity contribution < 1.29 is 4.39 Å². The van der Waals surface area contributed by atoms with Crippen molar-refractivity contribution in [1.82, 2.24) is 4.90 Å². The number of hydrogen-bond acceptors (Lipinski definition) is 3. The highest BCUT2D eigenvalue weighted by atomic mass is 19.1. The van der Waals surface area contributed by atoms with Gasteiger partial charge in [0.1, 0.15) is 5.82 Å². The Morgan fingerprint density at radius 2 is 2.00 bits per heavy atom. The van der Waals surface area contributed by atoms with Gasteiger partial charge >= 0.3 is 0 Å². The van der Waals surface area contributed by atoms with Crippen LogP contribution in [0.5, 0.6) is 0 Å². The molecule has 3 nitrogen and oxygen atoms in total. The van der Waals surface area contributed by atoms with E-state index in [1.165, 1.54) is 12.1 Å². The minimum atomic E-state index is -0.394. The standard InChI is InChI=1S/C13H18FN3/c1-13(2,17(3)4)9-16-12-6-10(8-15)5-11(14)7-12/h5-7,16H,9H2,1-4H3. The van der Waals surface area contributed by atoms with Gasteiger partial charge in [0.05, 0.1) is 11.6 Å². The molecule has 1 aromatic rings. The van der Waals surface area contributed by atoms with Crippen LogP contribution >= 0.6 is 0 Å². The molecule has 0 amide bonds. The molecule has 0 aliphatic rings. The zero-order valence-electron chi connectivity index (χ0n) is 10.7. The molecule has 0 aliphatic heterocycles. The fraction of sp³-hybridized carbons (Fsp3) is 0.462. The van der Waals surface area contributed by atoms with Crippen molar-refractivity contribution in [1.29, 1.82) is 5.26 Å². The van der Waals surface area contributed by atoms with Gasteiger partial charge in [-0.2, -0.15) is 5.26 Å². The third kappa shape index (κ3) is 3.72. The van der Waals surface area contributed by atoms with Gasteiger partial charge in [0, 0.05) is 17.8 Å². The first kappa shape index (κ1) is 13.5. The Hall–Kier alpha value is -1.60. The van der Waals surface area contributed by atoms with Crippen LogP contribution in [0.1, 0.15) is 19.4 Å². The van der Waals surface area contributed by atoms with E-state index in [2.05, 4.69) is 24.1 Å². The van der Waals surface area contributed by atoms with Crippen molar-refractivity contribution in [2.45, 2.75) is 19.4 Å². The van der Waals surface area contributed by atoms with E-state index in [4.69, 9.17) is 5.26 Å². The maximum Gasteiger partial charge on any atom is 0.126 e. The smallest absolute Gasteiger partial charge is 0.126 e. The van der Waals surface area contributed by atoms with Crippen molar-refractivity contribution in [3.63, 3.8) is 0 Å². The summed E-state index contributed by atoms with van der Waals surface area (Å²) in [6.45, 7) is 4.85. The highest BCUT2D eigenvalue weighted by molar-refractivity contribution is 5.49. The van der Waals surface area contributed by atoms with E-state index in [0.29, 0.717) is 17.8 Å². The van der Waals surface area contributed by atoms with E-state index in [9.17, 15) is 4.39 Å². The zero-order valence-corrected chi connectivity index (χ0v) is 10.7. The van der Waals surface area contributed by atoms with Gasteiger partial charge in [-0.3, -0.25) is 0 Å². The fourth-order valence-electron chi connectivity index (χ4n) is 1.23. The molecule has 0 fully saturated rings. The molecular formula is C13H18FN3. The molecule has 1 aromatic carbocycles. The predicted octanol–water partition coefficient (Wildman–Crippen LogP) is 2.45. The van der Waals surface area contributed by atoms with Crippen LogP contribution in [0.15, 0.2) is 18.2 Å². The molecule has 0 spiro atoms. The Morgan fingerprint density at radius 1 is 1.35 bits per heavy atom. The monoisotopic (exact) mass is 235 g/mol. The fourth-order valence-corrected chi connectivity index (χ4v) is 1.23. The number of nitrogens with one attached hydrogen (secondary N) is 1. The largest absolute Gasteiger partial charge is 0.383 e. The molecule has 0 saturated heterocycles. The average Bonchev–Trinajstić information content (AvgIpc) is 2.25. The summed E-state index contributed by atoms with van der Waals surface area (Å²) < 4.78 is 13.2. The summed E-state index contributed by atoms with van der Waals surface area (Å²) in [6.07, 6.45) is 0. The summed E-state index contributed by atoms with van der Waals surface area (Å²) in [6, 6.07) is 6.21. The Balaban J connectivity index is 2.77. The lowest BCUT2D eigenvalue weighted by atomic mass is 10.0. The third-order valence-corrected chi connectivity index (χ3v) is 2.96. The normalized spacial score (nSPS) is 11.4. The average molecular weight is 235 g/mol. The van der Waals surface area contributed by atoms with Crippen LogP contribution in [0.2, 0.25) is 0 Å². The van der Waals surface area contributed by atoms with E-state index < -0.39 is 5.82 Å². The highest BCUT2D eigenvalue weighted by Crippen LogP contribution is 2.16. The van der Waals surface area contributed by atoms with Gasteiger partial charge in [-0.05, 0) is 46.1 Å². The topological polar surface area (TPSA) is 39.1 Å². The van der Waals surface area contributed by atoms with E-state index in [1.54, 1.807) is 6.07 Å². The van der Waals surface area contributed by atoms with Crippen LogP contribution < -0.4 is 5.32 Å². The summed E-state index contributed by atoms with van der Waals surface area (Å²) in [7, 11) is 3.99. The Labute approximate surface area is 102 Å². The maximum atomic E-state index is 13.2. The number of likely N-dealkylation sites (N-methyl/N-ethyl adjacent to an activating group) is 1.